The van der Waals surface area contributed by atoms with Gasteiger partial charge in [-0.15, -0.1) is 0 Å². The van der Waals surface area contributed by atoms with Gasteiger partial charge >= 0.3 is 0 Å². The van der Waals surface area contributed by atoms with Crippen LogP contribution in [0.3, 0.4) is 0 Å². The van der Waals surface area contributed by atoms with E-state index < -0.39 is 34.8 Å². The Bertz CT molecular complexity index is 978. The van der Waals surface area contributed by atoms with Crippen molar-refractivity contribution in [2.45, 2.75) is 32.9 Å². The average Bonchev–Trinajstić information content (AvgIpc) is 2.78. The minimum atomic E-state index is -1.02. The quantitative estimate of drug-likeness (QED) is 0.394. The summed E-state index contributed by atoms with van der Waals surface area (Å²) in [4.78, 5) is 46.7. The molecule has 0 aliphatic heterocycles. The molecule has 11 nitrogen and oxygen atoms in total. The molecule has 0 aliphatic carbocycles. The lowest BCUT2D eigenvalue weighted by molar-refractivity contribution is -0.384. The third kappa shape index (κ3) is 6.97. The molecule has 0 heterocycles. The zero-order valence-corrected chi connectivity index (χ0v) is 17.8. The number of amides is 3. The SMILES string of the molecule is CCOc1ccc(OC(C)C(=O)NNC(=O)C(C)NC(=O)c2cccc([N+](=O)[O-])c2)cc1. The number of hydrazine groups is 1. The second kappa shape index (κ2) is 11.3. The highest BCUT2D eigenvalue weighted by atomic mass is 16.6. The van der Waals surface area contributed by atoms with E-state index in [-0.39, 0.29) is 11.3 Å². The fourth-order valence-corrected chi connectivity index (χ4v) is 2.48. The van der Waals surface area contributed by atoms with Crippen molar-refractivity contribution in [3.8, 4) is 11.5 Å². The minimum Gasteiger partial charge on any atom is -0.494 e. The van der Waals surface area contributed by atoms with Gasteiger partial charge in [0.2, 0.25) is 0 Å². The summed E-state index contributed by atoms with van der Waals surface area (Å²) in [7, 11) is 0. The third-order valence-electron chi connectivity index (χ3n) is 4.19. The molecule has 0 bridgehead atoms. The monoisotopic (exact) mass is 444 g/mol. The van der Waals surface area contributed by atoms with Crippen LogP contribution in [-0.2, 0) is 9.59 Å². The molecule has 11 heteroatoms. The highest BCUT2D eigenvalue weighted by molar-refractivity contribution is 5.98. The Hall–Kier alpha value is -4.15. The fraction of sp³-hybridized carbons (Fsp3) is 0.286. The van der Waals surface area contributed by atoms with Crippen LogP contribution >= 0.6 is 0 Å². The summed E-state index contributed by atoms with van der Waals surface area (Å²) in [6, 6.07) is 10.8. The number of hydrogen-bond donors (Lipinski definition) is 3. The summed E-state index contributed by atoms with van der Waals surface area (Å²) in [6.45, 7) is 5.30. The highest BCUT2D eigenvalue weighted by Crippen LogP contribution is 2.18. The smallest absolute Gasteiger partial charge is 0.279 e. The molecular formula is C21H24N4O7. The number of carbonyl (C=O) groups excluding carboxylic acids is 3. The maximum Gasteiger partial charge on any atom is 0.279 e. The van der Waals surface area contributed by atoms with Gasteiger partial charge in [-0.25, -0.2) is 0 Å². The lowest BCUT2D eigenvalue weighted by Gasteiger charge is -2.17. The molecule has 0 fully saturated rings. The van der Waals surface area contributed by atoms with Crippen molar-refractivity contribution in [1.82, 2.24) is 16.2 Å². The Kier molecular flexibility index (Phi) is 8.52. The predicted octanol–water partition coefficient (Wildman–Crippen LogP) is 1.73. The Labute approximate surface area is 184 Å². The van der Waals surface area contributed by atoms with E-state index in [1.165, 1.54) is 32.0 Å². The van der Waals surface area contributed by atoms with Gasteiger partial charge in [0, 0.05) is 17.7 Å². The fourth-order valence-electron chi connectivity index (χ4n) is 2.48. The van der Waals surface area contributed by atoms with Crippen molar-refractivity contribution >= 4 is 23.4 Å². The van der Waals surface area contributed by atoms with Crippen molar-refractivity contribution < 1.29 is 28.8 Å². The second-order valence-corrected chi connectivity index (χ2v) is 6.65. The van der Waals surface area contributed by atoms with Gasteiger partial charge in [0.15, 0.2) is 6.10 Å². The molecular weight excluding hydrogens is 420 g/mol. The lowest BCUT2D eigenvalue weighted by atomic mass is 10.2. The van der Waals surface area contributed by atoms with E-state index in [0.717, 1.165) is 6.07 Å². The molecule has 2 aromatic rings. The third-order valence-corrected chi connectivity index (χ3v) is 4.19. The summed E-state index contributed by atoms with van der Waals surface area (Å²) in [5.41, 5.74) is 4.20. The number of benzene rings is 2. The number of nitrogens with zero attached hydrogens (tertiary/aromatic N) is 1. The van der Waals surface area contributed by atoms with Gasteiger partial charge in [-0.1, -0.05) is 6.07 Å². The zero-order valence-electron chi connectivity index (χ0n) is 17.8. The number of non-ortho nitro benzene ring substituents is 1. The van der Waals surface area contributed by atoms with Crippen LogP contribution in [0.2, 0.25) is 0 Å². The summed E-state index contributed by atoms with van der Waals surface area (Å²) in [5.74, 6) is -0.852. The van der Waals surface area contributed by atoms with Crippen molar-refractivity contribution in [2.75, 3.05) is 6.61 Å². The van der Waals surface area contributed by atoms with E-state index >= 15 is 0 Å². The van der Waals surface area contributed by atoms with Crippen LogP contribution in [0.4, 0.5) is 5.69 Å². The molecule has 2 aromatic carbocycles. The van der Waals surface area contributed by atoms with Crippen LogP contribution in [0.1, 0.15) is 31.1 Å². The van der Waals surface area contributed by atoms with E-state index in [9.17, 15) is 24.5 Å². The minimum absolute atomic E-state index is 0.0280. The maximum atomic E-state index is 12.2. The van der Waals surface area contributed by atoms with Gasteiger partial charge in [-0.3, -0.25) is 35.3 Å². The van der Waals surface area contributed by atoms with Gasteiger partial charge in [0.05, 0.1) is 11.5 Å². The van der Waals surface area contributed by atoms with E-state index in [4.69, 9.17) is 9.47 Å². The number of nitro groups is 1. The van der Waals surface area contributed by atoms with Crippen LogP contribution in [0, 0.1) is 10.1 Å². The van der Waals surface area contributed by atoms with E-state index in [1.807, 2.05) is 6.92 Å². The summed E-state index contributed by atoms with van der Waals surface area (Å²) in [6.07, 6.45) is -0.914. The van der Waals surface area contributed by atoms with Crippen LogP contribution in [0.5, 0.6) is 11.5 Å². The first-order chi connectivity index (χ1) is 15.2. The molecule has 2 atom stereocenters. The standard InChI is InChI=1S/C21H24N4O7/c1-4-31-17-8-10-18(11-9-17)32-14(3)20(27)24-23-19(26)13(2)22-21(28)15-6-5-7-16(12-15)25(29)30/h5-14H,4H2,1-3H3,(H,22,28)(H,23,26)(H,24,27). The summed E-state index contributed by atoms with van der Waals surface area (Å²) in [5, 5.41) is 13.2. The first-order valence-electron chi connectivity index (χ1n) is 9.75. The Morgan fingerprint density at radius 3 is 2.25 bits per heavy atom. The average molecular weight is 444 g/mol. The van der Waals surface area contributed by atoms with Crippen LogP contribution in [-0.4, -0.2) is 41.4 Å². The molecule has 0 saturated heterocycles. The summed E-state index contributed by atoms with van der Waals surface area (Å²) >= 11 is 0. The molecule has 0 radical (unpaired) electrons. The number of nitrogens with one attached hydrogen (secondary N) is 3. The maximum absolute atomic E-state index is 12.2. The Morgan fingerprint density at radius 1 is 1.00 bits per heavy atom. The molecule has 0 saturated carbocycles. The van der Waals surface area contributed by atoms with Gasteiger partial charge in [-0.05, 0) is 51.1 Å². The van der Waals surface area contributed by atoms with Crippen molar-refractivity contribution in [2.24, 2.45) is 0 Å². The number of rotatable bonds is 9. The molecule has 170 valence electrons. The van der Waals surface area contributed by atoms with Crippen molar-refractivity contribution in [1.29, 1.82) is 0 Å². The number of ether oxygens (including phenoxy) is 2. The molecule has 0 spiro atoms. The van der Waals surface area contributed by atoms with E-state index in [0.29, 0.717) is 18.1 Å². The first-order valence-corrected chi connectivity index (χ1v) is 9.75. The molecule has 0 aliphatic rings. The van der Waals surface area contributed by atoms with Crippen molar-refractivity contribution in [3.63, 3.8) is 0 Å². The highest BCUT2D eigenvalue weighted by Gasteiger charge is 2.20. The normalized spacial score (nSPS) is 12.1. The zero-order chi connectivity index (χ0) is 23.7. The van der Waals surface area contributed by atoms with Gasteiger partial charge < -0.3 is 14.8 Å². The van der Waals surface area contributed by atoms with E-state index in [1.54, 1.807) is 24.3 Å². The molecule has 3 amide bonds. The molecule has 0 aromatic heterocycles. The van der Waals surface area contributed by atoms with Gasteiger partial charge in [-0.2, -0.15) is 0 Å². The van der Waals surface area contributed by atoms with Crippen LogP contribution in [0.15, 0.2) is 48.5 Å². The largest absolute Gasteiger partial charge is 0.494 e. The Balaban J connectivity index is 1.82. The van der Waals surface area contributed by atoms with Crippen LogP contribution in [0.25, 0.3) is 0 Å². The Morgan fingerprint density at radius 2 is 1.62 bits per heavy atom. The second-order valence-electron chi connectivity index (χ2n) is 6.65. The van der Waals surface area contributed by atoms with Crippen molar-refractivity contribution in [3.05, 3.63) is 64.2 Å². The number of carbonyl (C=O) groups is 3. The first kappa shape index (κ1) is 24.1. The number of nitro benzene ring substituents is 1. The molecule has 3 N–H and O–H groups in total. The van der Waals surface area contributed by atoms with E-state index in [2.05, 4.69) is 16.2 Å². The molecule has 2 unspecified atom stereocenters. The molecule has 32 heavy (non-hydrogen) atoms. The van der Waals surface area contributed by atoms with Crippen LogP contribution < -0.4 is 25.6 Å². The summed E-state index contributed by atoms with van der Waals surface area (Å²) < 4.78 is 10.8. The molecule has 2 rings (SSSR count). The number of hydrogen-bond acceptors (Lipinski definition) is 7. The van der Waals surface area contributed by atoms with Gasteiger partial charge in [0.1, 0.15) is 17.5 Å². The lowest BCUT2D eigenvalue weighted by Crippen LogP contribution is -2.53. The van der Waals surface area contributed by atoms with Gasteiger partial charge in [0.25, 0.3) is 23.4 Å². The predicted molar refractivity (Wildman–Crippen MR) is 114 cm³/mol. The topological polar surface area (TPSA) is 149 Å².